The molecule has 0 fully saturated rings. The lowest BCUT2D eigenvalue weighted by Gasteiger charge is -1.96. The number of rotatable bonds is 4. The maximum atomic E-state index is 11.9. The number of carbonyl (C=O) groups excluding carboxylic acids is 1. The minimum absolute atomic E-state index is 0.162. The van der Waals surface area contributed by atoms with Crippen LogP contribution >= 0.6 is 11.6 Å². The predicted octanol–water partition coefficient (Wildman–Crippen LogP) is 3.28. The Morgan fingerprint density at radius 2 is 2.29 bits per heavy atom. The molecule has 6 heteroatoms. The van der Waals surface area contributed by atoms with Crippen molar-refractivity contribution in [1.82, 2.24) is 15.3 Å². The van der Waals surface area contributed by atoms with Crippen LogP contribution < -0.4 is 5.32 Å². The highest BCUT2D eigenvalue weighted by molar-refractivity contribution is 6.31. The molecule has 0 spiro atoms. The van der Waals surface area contributed by atoms with Crippen LogP contribution in [-0.4, -0.2) is 21.7 Å². The van der Waals surface area contributed by atoms with E-state index in [1.807, 2.05) is 6.07 Å². The van der Waals surface area contributed by atoms with Crippen molar-refractivity contribution >= 4 is 40.5 Å². The first-order valence-corrected chi connectivity index (χ1v) is 7.28. The molecule has 0 aliphatic carbocycles. The van der Waals surface area contributed by atoms with Gasteiger partial charge >= 0.3 is 0 Å². The lowest BCUT2D eigenvalue weighted by atomic mass is 10.2. The van der Waals surface area contributed by atoms with Gasteiger partial charge in [-0.15, -0.1) is 0 Å². The van der Waals surface area contributed by atoms with Crippen LogP contribution in [0.25, 0.3) is 17.1 Å². The molecule has 5 nitrogen and oxygen atoms in total. The highest BCUT2D eigenvalue weighted by Crippen LogP contribution is 2.23. The number of hydrogen-bond acceptors (Lipinski definition) is 3. The van der Waals surface area contributed by atoms with Crippen molar-refractivity contribution in [2.24, 2.45) is 4.99 Å². The number of H-pyrrole nitrogens is 1. The Morgan fingerprint density at radius 3 is 3.10 bits per heavy atom. The van der Waals surface area contributed by atoms with Crippen molar-refractivity contribution in [1.29, 1.82) is 0 Å². The fourth-order valence-electron chi connectivity index (χ4n) is 2.24. The van der Waals surface area contributed by atoms with Crippen molar-refractivity contribution < 1.29 is 4.79 Å². The van der Waals surface area contributed by atoms with E-state index in [1.54, 1.807) is 18.5 Å². The van der Waals surface area contributed by atoms with Crippen LogP contribution in [0.1, 0.15) is 31.7 Å². The summed E-state index contributed by atoms with van der Waals surface area (Å²) in [6.07, 6.45) is 8.01. The monoisotopic (exact) mass is 302 g/mol. The Hall–Kier alpha value is -2.14. The molecule has 21 heavy (non-hydrogen) atoms. The van der Waals surface area contributed by atoms with Crippen LogP contribution in [-0.2, 0) is 4.79 Å². The Labute approximate surface area is 127 Å². The number of amides is 1. The lowest BCUT2D eigenvalue weighted by molar-refractivity contribution is -0.115. The topological polar surface area (TPSA) is 70.1 Å². The zero-order valence-corrected chi connectivity index (χ0v) is 12.4. The molecule has 0 saturated carbocycles. The number of unbranched alkanes of at least 4 members (excludes halogenated alkanes) is 1. The van der Waals surface area contributed by atoms with E-state index in [1.165, 1.54) is 0 Å². The second kappa shape index (κ2) is 5.69. The largest absolute Gasteiger partial charge is 0.346 e. The van der Waals surface area contributed by atoms with E-state index >= 15 is 0 Å². The molecule has 1 aliphatic rings. The minimum atomic E-state index is -0.162. The zero-order valence-electron chi connectivity index (χ0n) is 11.6. The second-order valence-corrected chi connectivity index (χ2v) is 5.38. The van der Waals surface area contributed by atoms with Crippen LogP contribution in [0.2, 0.25) is 5.02 Å². The van der Waals surface area contributed by atoms with Crippen molar-refractivity contribution in [3.8, 4) is 0 Å². The number of aliphatic imine (C=N–C) groups is 1. The summed E-state index contributed by atoms with van der Waals surface area (Å²) in [4.78, 5) is 23.5. The molecule has 1 amide bonds. The van der Waals surface area contributed by atoms with E-state index in [4.69, 9.17) is 11.6 Å². The highest BCUT2D eigenvalue weighted by Gasteiger charge is 2.19. The first-order chi connectivity index (χ1) is 10.2. The van der Waals surface area contributed by atoms with Gasteiger partial charge in [-0.05, 0) is 18.6 Å². The Morgan fingerprint density at radius 1 is 1.43 bits per heavy atom. The Balaban J connectivity index is 1.94. The van der Waals surface area contributed by atoms with E-state index in [9.17, 15) is 4.79 Å². The molecule has 3 rings (SSSR count). The number of pyridine rings is 1. The van der Waals surface area contributed by atoms with Gasteiger partial charge in [0.15, 0.2) is 0 Å². The van der Waals surface area contributed by atoms with E-state index in [0.29, 0.717) is 10.7 Å². The third-order valence-electron chi connectivity index (χ3n) is 3.33. The van der Waals surface area contributed by atoms with E-state index < -0.39 is 0 Å². The molecule has 0 bridgehead atoms. The number of carbonyl (C=O) groups is 1. The van der Waals surface area contributed by atoms with Crippen LogP contribution in [0.3, 0.4) is 0 Å². The molecule has 0 atom stereocenters. The molecular formula is C15H15ClN4O. The van der Waals surface area contributed by atoms with Crippen LogP contribution in [0, 0.1) is 0 Å². The van der Waals surface area contributed by atoms with Gasteiger partial charge in [-0.1, -0.05) is 24.9 Å². The minimum Gasteiger partial charge on any atom is -0.346 e. The number of amidine groups is 1. The molecule has 0 unspecified atom stereocenters. The van der Waals surface area contributed by atoms with Crippen LogP contribution in [0.4, 0.5) is 0 Å². The number of halogens is 1. The standard InChI is InChI=1S/C15H15ClN4O/c1-2-3-4-13-19-12(15(21)20-13)5-9-7-17-14-11(9)6-10(16)8-18-14/h5-8H,2-4H2,1H3,(H,17,18)(H,19,20,21)/b12-5-. The molecular weight excluding hydrogens is 288 g/mol. The molecule has 0 radical (unpaired) electrons. The van der Waals surface area contributed by atoms with Gasteiger partial charge in [-0.3, -0.25) is 4.79 Å². The summed E-state index contributed by atoms with van der Waals surface area (Å²) in [5, 5.41) is 4.24. The van der Waals surface area contributed by atoms with Crippen molar-refractivity contribution in [3.05, 3.63) is 34.7 Å². The second-order valence-electron chi connectivity index (χ2n) is 4.94. The van der Waals surface area contributed by atoms with Crippen molar-refractivity contribution in [2.45, 2.75) is 26.2 Å². The quantitative estimate of drug-likeness (QED) is 0.851. The molecule has 2 N–H and O–H groups in total. The normalized spacial score (nSPS) is 16.6. The van der Waals surface area contributed by atoms with Gasteiger partial charge in [0, 0.05) is 29.8 Å². The summed E-state index contributed by atoms with van der Waals surface area (Å²) in [5.41, 5.74) is 2.01. The van der Waals surface area contributed by atoms with Gasteiger partial charge in [0.05, 0.1) is 5.02 Å². The van der Waals surface area contributed by atoms with E-state index in [-0.39, 0.29) is 5.91 Å². The maximum absolute atomic E-state index is 11.9. The van der Waals surface area contributed by atoms with Gasteiger partial charge < -0.3 is 10.3 Å². The van der Waals surface area contributed by atoms with E-state index in [2.05, 4.69) is 27.2 Å². The zero-order chi connectivity index (χ0) is 14.8. The van der Waals surface area contributed by atoms with E-state index in [0.717, 1.165) is 41.7 Å². The third kappa shape index (κ3) is 2.83. The highest BCUT2D eigenvalue weighted by atomic mass is 35.5. The lowest BCUT2D eigenvalue weighted by Crippen LogP contribution is -2.23. The van der Waals surface area contributed by atoms with Gasteiger partial charge in [-0.2, -0.15) is 0 Å². The number of nitrogens with zero attached hydrogens (tertiary/aromatic N) is 2. The summed E-state index contributed by atoms with van der Waals surface area (Å²) < 4.78 is 0. The molecule has 0 aromatic carbocycles. The van der Waals surface area contributed by atoms with Crippen LogP contribution in [0.15, 0.2) is 29.1 Å². The van der Waals surface area contributed by atoms with Crippen molar-refractivity contribution in [2.75, 3.05) is 0 Å². The summed E-state index contributed by atoms with van der Waals surface area (Å²) in [5.74, 6) is 0.578. The molecule has 3 heterocycles. The average molecular weight is 303 g/mol. The number of aromatic nitrogens is 2. The summed E-state index contributed by atoms with van der Waals surface area (Å²) in [7, 11) is 0. The predicted molar refractivity (Wildman–Crippen MR) is 84.2 cm³/mol. The molecule has 2 aromatic rings. The first-order valence-electron chi connectivity index (χ1n) is 6.90. The summed E-state index contributed by atoms with van der Waals surface area (Å²) in [6, 6.07) is 1.82. The molecule has 108 valence electrons. The number of fused-ring (bicyclic) bond motifs is 1. The van der Waals surface area contributed by atoms with Gasteiger partial charge in [-0.25, -0.2) is 9.98 Å². The molecule has 0 saturated heterocycles. The van der Waals surface area contributed by atoms with Crippen LogP contribution in [0.5, 0.6) is 0 Å². The Bertz CT molecular complexity index is 760. The maximum Gasteiger partial charge on any atom is 0.275 e. The molecule has 2 aromatic heterocycles. The third-order valence-corrected chi connectivity index (χ3v) is 3.54. The number of hydrogen-bond donors (Lipinski definition) is 2. The fourth-order valence-corrected chi connectivity index (χ4v) is 2.40. The van der Waals surface area contributed by atoms with Gasteiger partial charge in [0.25, 0.3) is 5.91 Å². The molecule has 1 aliphatic heterocycles. The average Bonchev–Trinajstić information content (AvgIpc) is 3.01. The smallest absolute Gasteiger partial charge is 0.275 e. The van der Waals surface area contributed by atoms with Gasteiger partial charge in [0.2, 0.25) is 0 Å². The fraction of sp³-hybridized carbons (Fsp3) is 0.267. The Kier molecular flexibility index (Phi) is 3.75. The SMILES string of the molecule is CCCCC1=N/C(=C\c2c[nH]c3ncc(Cl)cc23)C(=O)N1. The summed E-state index contributed by atoms with van der Waals surface area (Å²) >= 11 is 5.97. The number of aromatic amines is 1. The number of nitrogens with one attached hydrogen (secondary N) is 2. The van der Waals surface area contributed by atoms with Crippen molar-refractivity contribution in [3.63, 3.8) is 0 Å². The summed E-state index contributed by atoms with van der Waals surface area (Å²) in [6.45, 7) is 2.11. The van der Waals surface area contributed by atoms with Gasteiger partial charge in [0.1, 0.15) is 17.2 Å². The first kappa shape index (κ1) is 13.8.